The molecule has 0 unspecified atom stereocenters. The molecule has 1 N–H and O–H groups in total. The van der Waals surface area contributed by atoms with Crippen molar-refractivity contribution in [1.29, 1.82) is 5.26 Å². The Morgan fingerprint density at radius 1 is 1.35 bits per heavy atom. The normalized spacial score (nSPS) is 17.7. The van der Waals surface area contributed by atoms with Crippen molar-refractivity contribution in [2.45, 2.75) is 25.8 Å². The van der Waals surface area contributed by atoms with Crippen molar-refractivity contribution in [3.05, 3.63) is 29.3 Å². The summed E-state index contributed by atoms with van der Waals surface area (Å²) in [5.74, 6) is 0. The molecule has 1 heterocycles. The van der Waals surface area contributed by atoms with E-state index in [0.29, 0.717) is 6.04 Å². The first-order chi connectivity index (χ1) is 8.19. The minimum absolute atomic E-state index is 0.501. The Hall–Kier alpha value is -1.53. The molecule has 0 saturated carbocycles. The number of rotatable bonds is 2. The molecule has 1 fully saturated rings. The molecule has 0 amide bonds. The van der Waals surface area contributed by atoms with E-state index < -0.39 is 0 Å². The number of nitriles is 1. The molecule has 1 aromatic rings. The minimum atomic E-state index is 0.501. The second-order valence-electron chi connectivity index (χ2n) is 4.88. The van der Waals surface area contributed by atoms with Crippen molar-refractivity contribution in [2.24, 2.45) is 0 Å². The average molecular weight is 229 g/mol. The molecule has 0 atom stereocenters. The Morgan fingerprint density at radius 2 is 2.06 bits per heavy atom. The van der Waals surface area contributed by atoms with Gasteiger partial charge in [-0.15, -0.1) is 0 Å². The van der Waals surface area contributed by atoms with Crippen LogP contribution in [0.4, 0.5) is 5.69 Å². The number of piperidine rings is 1. The molecule has 1 aliphatic rings. The maximum absolute atomic E-state index is 9.12. The second kappa shape index (κ2) is 5.20. The van der Waals surface area contributed by atoms with Gasteiger partial charge in [0, 0.05) is 6.04 Å². The Labute approximate surface area is 103 Å². The van der Waals surface area contributed by atoms with E-state index in [1.807, 2.05) is 19.1 Å². The van der Waals surface area contributed by atoms with E-state index in [1.54, 1.807) is 0 Å². The summed E-state index contributed by atoms with van der Waals surface area (Å²) < 4.78 is 0. The lowest BCUT2D eigenvalue weighted by Gasteiger charge is -2.30. The van der Waals surface area contributed by atoms with Gasteiger partial charge in [-0.1, -0.05) is 6.07 Å². The van der Waals surface area contributed by atoms with Gasteiger partial charge >= 0.3 is 0 Å². The average Bonchev–Trinajstić information content (AvgIpc) is 2.34. The molecule has 3 heteroatoms. The van der Waals surface area contributed by atoms with Gasteiger partial charge in [0.15, 0.2) is 0 Å². The lowest BCUT2D eigenvalue weighted by atomic mass is 10.0. The van der Waals surface area contributed by atoms with E-state index in [4.69, 9.17) is 5.26 Å². The number of nitrogens with zero attached hydrogens (tertiary/aromatic N) is 2. The summed E-state index contributed by atoms with van der Waals surface area (Å²) in [5.41, 5.74) is 2.87. The van der Waals surface area contributed by atoms with Gasteiger partial charge in [-0.25, -0.2) is 0 Å². The van der Waals surface area contributed by atoms with Crippen LogP contribution in [0.15, 0.2) is 18.2 Å². The van der Waals surface area contributed by atoms with Crippen molar-refractivity contribution in [3.63, 3.8) is 0 Å². The van der Waals surface area contributed by atoms with Crippen molar-refractivity contribution >= 4 is 5.69 Å². The Kier molecular flexibility index (Phi) is 3.65. The zero-order chi connectivity index (χ0) is 12.3. The molecule has 1 aromatic carbocycles. The Balaban J connectivity index is 2.06. The summed E-state index contributed by atoms with van der Waals surface area (Å²) in [7, 11) is 2.16. The highest BCUT2D eigenvalue weighted by Gasteiger charge is 2.17. The number of likely N-dealkylation sites (tertiary alicyclic amines) is 1. The number of hydrogen-bond donors (Lipinski definition) is 1. The van der Waals surface area contributed by atoms with Crippen LogP contribution >= 0.6 is 0 Å². The van der Waals surface area contributed by atoms with Crippen molar-refractivity contribution in [2.75, 3.05) is 25.5 Å². The number of hydrogen-bond acceptors (Lipinski definition) is 3. The summed E-state index contributed by atoms with van der Waals surface area (Å²) in [6.45, 7) is 4.27. The third-order valence-electron chi connectivity index (χ3n) is 3.37. The van der Waals surface area contributed by atoms with Gasteiger partial charge < -0.3 is 10.2 Å². The van der Waals surface area contributed by atoms with Crippen LogP contribution in [0.3, 0.4) is 0 Å². The predicted molar refractivity (Wildman–Crippen MR) is 70.0 cm³/mol. The summed E-state index contributed by atoms with van der Waals surface area (Å²) >= 11 is 0. The van der Waals surface area contributed by atoms with Crippen molar-refractivity contribution in [3.8, 4) is 6.07 Å². The molecule has 0 spiro atoms. The third kappa shape index (κ3) is 2.98. The van der Waals surface area contributed by atoms with Gasteiger partial charge in [0.05, 0.1) is 11.3 Å². The fourth-order valence-electron chi connectivity index (χ4n) is 2.25. The molecule has 3 nitrogen and oxygen atoms in total. The monoisotopic (exact) mass is 229 g/mol. The van der Waals surface area contributed by atoms with Crippen LogP contribution in [0.1, 0.15) is 24.0 Å². The zero-order valence-electron chi connectivity index (χ0n) is 10.5. The van der Waals surface area contributed by atoms with Crippen LogP contribution < -0.4 is 5.32 Å². The van der Waals surface area contributed by atoms with E-state index >= 15 is 0 Å². The topological polar surface area (TPSA) is 39.1 Å². The van der Waals surface area contributed by atoms with E-state index in [9.17, 15) is 0 Å². The highest BCUT2D eigenvalue weighted by molar-refractivity contribution is 5.59. The third-order valence-corrected chi connectivity index (χ3v) is 3.37. The molecule has 1 saturated heterocycles. The van der Waals surface area contributed by atoms with E-state index in [2.05, 4.69) is 29.4 Å². The van der Waals surface area contributed by atoms with Crippen LogP contribution in [-0.2, 0) is 0 Å². The molecule has 1 aliphatic heterocycles. The maximum Gasteiger partial charge on any atom is 0.101 e. The number of benzene rings is 1. The van der Waals surface area contributed by atoms with E-state index in [-0.39, 0.29) is 0 Å². The molecular formula is C14H19N3. The maximum atomic E-state index is 9.12. The van der Waals surface area contributed by atoms with Gasteiger partial charge in [0.2, 0.25) is 0 Å². The van der Waals surface area contributed by atoms with Crippen LogP contribution in [-0.4, -0.2) is 31.1 Å². The largest absolute Gasteiger partial charge is 0.381 e. The fraction of sp³-hybridized carbons (Fsp3) is 0.500. The van der Waals surface area contributed by atoms with Gasteiger partial charge in [-0.05, 0) is 57.6 Å². The second-order valence-corrected chi connectivity index (χ2v) is 4.88. The highest BCUT2D eigenvalue weighted by atomic mass is 15.1. The molecule has 0 radical (unpaired) electrons. The predicted octanol–water partition coefficient (Wildman–Crippen LogP) is 2.37. The quantitative estimate of drug-likeness (QED) is 0.846. The first-order valence-electron chi connectivity index (χ1n) is 6.15. The Bertz CT molecular complexity index is 426. The van der Waals surface area contributed by atoms with Gasteiger partial charge in [0.1, 0.15) is 6.07 Å². The van der Waals surface area contributed by atoms with Crippen LogP contribution in [0, 0.1) is 18.3 Å². The van der Waals surface area contributed by atoms with E-state index in [1.165, 1.54) is 0 Å². The first kappa shape index (κ1) is 11.9. The molecule has 17 heavy (non-hydrogen) atoms. The van der Waals surface area contributed by atoms with Crippen LogP contribution in [0.5, 0.6) is 0 Å². The van der Waals surface area contributed by atoms with Crippen LogP contribution in [0.2, 0.25) is 0 Å². The van der Waals surface area contributed by atoms with Crippen LogP contribution in [0.25, 0.3) is 0 Å². The number of aryl methyl sites for hydroxylation is 1. The van der Waals surface area contributed by atoms with Gasteiger partial charge in [0.25, 0.3) is 0 Å². The van der Waals surface area contributed by atoms with Gasteiger partial charge in [-0.3, -0.25) is 0 Å². The smallest absolute Gasteiger partial charge is 0.101 e. The summed E-state index contributed by atoms with van der Waals surface area (Å²) in [4.78, 5) is 2.35. The standard InChI is InChI=1S/C14H19N3/c1-11-3-4-14(12(9-11)10-15)16-13-5-7-17(2)8-6-13/h3-4,9,13,16H,5-8H2,1-2H3. The lowest BCUT2D eigenvalue weighted by molar-refractivity contribution is 0.264. The Morgan fingerprint density at radius 3 is 2.71 bits per heavy atom. The molecule has 0 aromatic heterocycles. The van der Waals surface area contributed by atoms with Crippen molar-refractivity contribution in [1.82, 2.24) is 4.90 Å². The first-order valence-corrected chi connectivity index (χ1v) is 6.15. The SMILES string of the molecule is Cc1ccc(NC2CCN(C)CC2)c(C#N)c1. The van der Waals surface area contributed by atoms with Gasteiger partial charge in [-0.2, -0.15) is 5.26 Å². The number of anilines is 1. The zero-order valence-corrected chi connectivity index (χ0v) is 10.5. The summed E-state index contributed by atoms with van der Waals surface area (Å²) in [5, 5.41) is 12.6. The lowest BCUT2D eigenvalue weighted by Crippen LogP contribution is -2.36. The molecule has 0 aliphatic carbocycles. The molecule has 0 bridgehead atoms. The highest BCUT2D eigenvalue weighted by Crippen LogP contribution is 2.20. The fourth-order valence-corrected chi connectivity index (χ4v) is 2.25. The molecule has 90 valence electrons. The summed E-state index contributed by atoms with van der Waals surface area (Å²) in [6.07, 6.45) is 2.30. The molecular weight excluding hydrogens is 210 g/mol. The minimum Gasteiger partial charge on any atom is -0.381 e. The molecule has 2 rings (SSSR count). The summed E-state index contributed by atoms with van der Waals surface area (Å²) in [6, 6.07) is 8.78. The van der Waals surface area contributed by atoms with Crippen molar-refractivity contribution < 1.29 is 0 Å². The van der Waals surface area contributed by atoms with E-state index in [0.717, 1.165) is 42.7 Å². The number of nitrogens with one attached hydrogen (secondary N) is 1.